The third-order valence-corrected chi connectivity index (χ3v) is 5.32. The second kappa shape index (κ2) is 9.87. The Balaban J connectivity index is 1.91. The Bertz CT molecular complexity index is 711. The zero-order valence-electron chi connectivity index (χ0n) is 15.5. The number of aromatic nitrogens is 2. The Hall–Kier alpha value is -1.67. The van der Waals surface area contributed by atoms with E-state index < -0.39 is 0 Å². The molecule has 1 N–H and O–H groups in total. The number of nitrogens with zero attached hydrogens (tertiary/aromatic N) is 3. The lowest BCUT2D eigenvalue weighted by molar-refractivity contribution is -0.129. The van der Waals surface area contributed by atoms with Crippen LogP contribution in [0.2, 0.25) is 0 Å². The number of nitrogens with one attached hydrogen (secondary N) is 1. The molecule has 26 heavy (non-hydrogen) atoms. The van der Waals surface area contributed by atoms with Crippen molar-refractivity contribution in [3.63, 3.8) is 0 Å². The Kier molecular flexibility index (Phi) is 7.84. The zero-order chi connectivity index (χ0) is 19.1. The minimum atomic E-state index is -0.343. The number of benzene rings is 1. The van der Waals surface area contributed by atoms with Crippen LogP contribution in [0, 0.1) is 17.7 Å². The first-order valence-corrected chi connectivity index (χ1v) is 10.4. The Morgan fingerprint density at radius 2 is 1.85 bits per heavy atom. The second-order valence-corrected chi connectivity index (χ2v) is 9.05. The van der Waals surface area contributed by atoms with Crippen molar-refractivity contribution in [2.45, 2.75) is 32.0 Å². The second-order valence-electron chi connectivity index (χ2n) is 6.85. The van der Waals surface area contributed by atoms with Crippen LogP contribution in [0.4, 0.5) is 15.2 Å². The van der Waals surface area contributed by atoms with Gasteiger partial charge in [-0.05, 0) is 24.0 Å². The molecule has 5 nitrogen and oxygen atoms in total. The van der Waals surface area contributed by atoms with Crippen LogP contribution >= 0.6 is 23.1 Å². The van der Waals surface area contributed by atoms with E-state index in [-0.39, 0.29) is 11.7 Å². The number of para-hydroxylation sites is 1. The Morgan fingerprint density at radius 3 is 2.46 bits per heavy atom. The summed E-state index contributed by atoms with van der Waals surface area (Å²) in [6.45, 7) is 9.96. The fraction of sp³-hybridized carbons (Fsp3) is 0.500. The zero-order valence-corrected chi connectivity index (χ0v) is 17.2. The SMILES string of the molecule is CC(C)CN(CC(C)C)C(=O)CSc1nnc(Nc2ccccc2F)s1. The molecule has 0 spiro atoms. The van der Waals surface area contributed by atoms with E-state index in [0.717, 1.165) is 13.1 Å². The first-order valence-electron chi connectivity index (χ1n) is 8.60. The number of carbonyl (C=O) groups is 1. The van der Waals surface area contributed by atoms with Crippen LogP contribution in [0.1, 0.15) is 27.7 Å². The molecule has 1 amide bonds. The normalized spacial score (nSPS) is 11.2. The highest BCUT2D eigenvalue weighted by molar-refractivity contribution is 8.01. The fourth-order valence-corrected chi connectivity index (χ4v) is 4.04. The molecule has 0 saturated carbocycles. The molecule has 0 radical (unpaired) electrons. The lowest BCUT2D eigenvalue weighted by Crippen LogP contribution is -2.38. The van der Waals surface area contributed by atoms with E-state index >= 15 is 0 Å². The molecule has 0 aliphatic heterocycles. The van der Waals surface area contributed by atoms with E-state index in [1.807, 2.05) is 4.90 Å². The van der Waals surface area contributed by atoms with E-state index in [4.69, 9.17) is 0 Å². The summed E-state index contributed by atoms with van der Waals surface area (Å²) < 4.78 is 14.4. The topological polar surface area (TPSA) is 58.1 Å². The molecular weight excluding hydrogens is 371 g/mol. The molecule has 0 atom stereocenters. The number of anilines is 2. The molecule has 0 unspecified atom stereocenters. The van der Waals surface area contributed by atoms with Gasteiger partial charge in [0.2, 0.25) is 11.0 Å². The highest BCUT2D eigenvalue weighted by Gasteiger charge is 2.17. The van der Waals surface area contributed by atoms with Gasteiger partial charge < -0.3 is 10.2 Å². The number of halogens is 1. The lowest BCUT2D eigenvalue weighted by Gasteiger charge is -2.26. The van der Waals surface area contributed by atoms with Gasteiger partial charge in [0.05, 0.1) is 11.4 Å². The van der Waals surface area contributed by atoms with Crippen LogP contribution in [-0.4, -0.2) is 39.8 Å². The summed E-state index contributed by atoms with van der Waals surface area (Å²) in [7, 11) is 0. The Morgan fingerprint density at radius 1 is 1.19 bits per heavy atom. The predicted molar refractivity (Wildman–Crippen MR) is 107 cm³/mol. The van der Waals surface area contributed by atoms with Gasteiger partial charge in [-0.3, -0.25) is 4.79 Å². The number of hydrogen-bond acceptors (Lipinski definition) is 6. The molecule has 0 bridgehead atoms. The van der Waals surface area contributed by atoms with Gasteiger partial charge in [-0.2, -0.15) is 0 Å². The van der Waals surface area contributed by atoms with Crippen molar-refractivity contribution in [2.24, 2.45) is 11.8 Å². The first kappa shape index (κ1) is 20.6. The third kappa shape index (κ3) is 6.57. The van der Waals surface area contributed by atoms with Crippen molar-refractivity contribution in [2.75, 3.05) is 24.2 Å². The molecule has 8 heteroatoms. The molecule has 2 aromatic rings. The van der Waals surface area contributed by atoms with Gasteiger partial charge in [-0.15, -0.1) is 10.2 Å². The molecule has 1 aromatic heterocycles. The standard InChI is InChI=1S/C18H25FN4OS2/c1-12(2)9-23(10-13(3)4)16(24)11-25-18-22-21-17(26-18)20-15-8-6-5-7-14(15)19/h5-8,12-13H,9-11H2,1-4H3,(H,20,21). The lowest BCUT2D eigenvalue weighted by atomic mass is 10.1. The smallest absolute Gasteiger partial charge is 0.233 e. The maximum absolute atomic E-state index is 13.7. The maximum Gasteiger partial charge on any atom is 0.233 e. The van der Waals surface area contributed by atoms with Crippen molar-refractivity contribution in [3.05, 3.63) is 30.1 Å². The van der Waals surface area contributed by atoms with Crippen LogP contribution in [0.3, 0.4) is 0 Å². The number of thioether (sulfide) groups is 1. The van der Waals surface area contributed by atoms with E-state index in [9.17, 15) is 9.18 Å². The van der Waals surface area contributed by atoms with Crippen molar-refractivity contribution >= 4 is 39.8 Å². The summed E-state index contributed by atoms with van der Waals surface area (Å²) in [5, 5.41) is 11.5. The van der Waals surface area contributed by atoms with Gasteiger partial charge in [0.1, 0.15) is 5.82 Å². The van der Waals surface area contributed by atoms with Crippen molar-refractivity contribution in [1.29, 1.82) is 0 Å². The monoisotopic (exact) mass is 396 g/mol. The quantitative estimate of drug-likeness (QED) is 0.625. The number of hydrogen-bond donors (Lipinski definition) is 1. The van der Waals surface area contributed by atoms with E-state index in [2.05, 4.69) is 43.2 Å². The van der Waals surface area contributed by atoms with Gasteiger partial charge in [0.15, 0.2) is 4.34 Å². The molecule has 0 saturated heterocycles. The predicted octanol–water partition coefficient (Wildman–Crippen LogP) is 4.65. The average Bonchev–Trinajstić information content (AvgIpc) is 3.01. The van der Waals surface area contributed by atoms with E-state index in [1.54, 1.807) is 18.2 Å². The van der Waals surface area contributed by atoms with Gasteiger partial charge in [-0.1, -0.05) is 62.9 Å². The molecule has 0 aliphatic carbocycles. The summed E-state index contributed by atoms with van der Waals surface area (Å²) >= 11 is 2.68. The van der Waals surface area contributed by atoms with E-state index in [1.165, 1.54) is 29.2 Å². The maximum atomic E-state index is 13.7. The minimum absolute atomic E-state index is 0.108. The third-order valence-electron chi connectivity index (χ3n) is 3.36. The molecule has 2 rings (SSSR count). The van der Waals surface area contributed by atoms with Crippen LogP contribution in [0.5, 0.6) is 0 Å². The molecule has 142 valence electrons. The van der Waals surface area contributed by atoms with Crippen LogP contribution in [0.15, 0.2) is 28.6 Å². The van der Waals surface area contributed by atoms with Crippen LogP contribution < -0.4 is 5.32 Å². The summed E-state index contributed by atoms with van der Waals surface area (Å²) in [6.07, 6.45) is 0. The molecule has 0 aliphatic rings. The van der Waals surface area contributed by atoms with Crippen molar-refractivity contribution in [1.82, 2.24) is 15.1 Å². The van der Waals surface area contributed by atoms with E-state index in [0.29, 0.717) is 32.7 Å². The van der Waals surface area contributed by atoms with Crippen LogP contribution in [0.25, 0.3) is 0 Å². The summed E-state index contributed by atoms with van der Waals surface area (Å²) in [5.74, 6) is 0.955. The number of carbonyl (C=O) groups excluding carboxylic acids is 1. The summed E-state index contributed by atoms with van der Waals surface area (Å²) in [5.41, 5.74) is 0.358. The van der Waals surface area contributed by atoms with Crippen molar-refractivity contribution in [3.8, 4) is 0 Å². The van der Waals surface area contributed by atoms with Gasteiger partial charge >= 0.3 is 0 Å². The van der Waals surface area contributed by atoms with Crippen molar-refractivity contribution < 1.29 is 9.18 Å². The largest absolute Gasteiger partial charge is 0.341 e. The van der Waals surface area contributed by atoms with Gasteiger partial charge in [0, 0.05) is 13.1 Å². The number of amides is 1. The molecule has 0 fully saturated rings. The van der Waals surface area contributed by atoms with Gasteiger partial charge in [0.25, 0.3) is 0 Å². The van der Waals surface area contributed by atoms with Gasteiger partial charge in [-0.25, -0.2) is 4.39 Å². The molecule has 1 aromatic carbocycles. The molecular formula is C18H25FN4OS2. The first-order chi connectivity index (χ1) is 12.3. The highest BCUT2D eigenvalue weighted by atomic mass is 32.2. The molecule has 1 heterocycles. The minimum Gasteiger partial charge on any atom is -0.341 e. The highest BCUT2D eigenvalue weighted by Crippen LogP contribution is 2.28. The average molecular weight is 397 g/mol. The van der Waals surface area contributed by atoms with Crippen LogP contribution in [-0.2, 0) is 4.79 Å². The fourth-order valence-electron chi connectivity index (χ4n) is 2.37. The summed E-state index contributed by atoms with van der Waals surface area (Å²) in [6, 6.07) is 6.41. The number of rotatable bonds is 9. The summed E-state index contributed by atoms with van der Waals surface area (Å²) in [4.78, 5) is 14.4. The Labute approximate surface area is 162 Å².